The van der Waals surface area contributed by atoms with Crippen molar-refractivity contribution in [2.45, 2.75) is 109 Å². The van der Waals surface area contributed by atoms with E-state index in [-0.39, 0.29) is 19.1 Å². The number of rotatable bonds is 23. The molecule has 0 fully saturated rings. The number of carbonyl (C=O) groups is 1. The Labute approximate surface area is 214 Å². The third kappa shape index (κ3) is 22.2. The standard InChI is InChI=1S/C26H53N2O6P/c1-6-8-10-12-13-14-15-16-18-20-26(30)27-24(25(29)19-17-11-9-7-2)23-34-35(31,32)33-22-21-28(3,4)5/h17,19,24-25,29H,6-16,18,20-23H2,1-5H3,(H-,27,30,31,32)/p+1/b19-17+. The number of quaternary nitrogens is 1. The van der Waals surface area contributed by atoms with Crippen LogP contribution in [-0.4, -0.2) is 73.4 Å². The summed E-state index contributed by atoms with van der Waals surface area (Å²) in [7, 11) is 1.56. The van der Waals surface area contributed by atoms with E-state index in [1.54, 1.807) is 6.08 Å². The molecule has 0 saturated carbocycles. The number of unbranched alkanes of at least 4 members (excludes halogenated alkanes) is 10. The summed E-state index contributed by atoms with van der Waals surface area (Å²) >= 11 is 0. The van der Waals surface area contributed by atoms with Gasteiger partial charge in [-0.3, -0.25) is 13.8 Å². The van der Waals surface area contributed by atoms with Gasteiger partial charge in [0.25, 0.3) is 0 Å². The van der Waals surface area contributed by atoms with Crippen LogP contribution >= 0.6 is 7.82 Å². The van der Waals surface area contributed by atoms with E-state index in [4.69, 9.17) is 9.05 Å². The fourth-order valence-electron chi connectivity index (χ4n) is 3.43. The van der Waals surface area contributed by atoms with E-state index in [1.807, 2.05) is 27.2 Å². The van der Waals surface area contributed by atoms with E-state index in [2.05, 4.69) is 19.2 Å². The Morgan fingerprint density at radius 1 is 0.943 bits per heavy atom. The number of nitrogens with zero attached hydrogens (tertiary/aromatic N) is 1. The highest BCUT2D eigenvalue weighted by molar-refractivity contribution is 7.47. The van der Waals surface area contributed by atoms with Crippen LogP contribution < -0.4 is 5.32 Å². The van der Waals surface area contributed by atoms with Gasteiger partial charge in [-0.25, -0.2) is 4.57 Å². The molecule has 0 bridgehead atoms. The summed E-state index contributed by atoms with van der Waals surface area (Å²) in [4.78, 5) is 22.5. The van der Waals surface area contributed by atoms with Crippen LogP contribution in [0.15, 0.2) is 12.2 Å². The molecule has 0 radical (unpaired) electrons. The number of likely N-dealkylation sites (N-methyl/N-ethyl adjacent to an activating group) is 1. The lowest BCUT2D eigenvalue weighted by atomic mass is 10.1. The van der Waals surface area contributed by atoms with E-state index >= 15 is 0 Å². The second-order valence-corrected chi connectivity index (χ2v) is 11.9. The number of nitrogens with one attached hydrogen (secondary N) is 1. The van der Waals surface area contributed by atoms with Gasteiger partial charge in [-0.05, 0) is 12.8 Å². The molecule has 0 saturated heterocycles. The molecule has 0 rings (SSSR count). The average molecular weight is 522 g/mol. The lowest BCUT2D eigenvalue weighted by Crippen LogP contribution is -2.45. The number of allylic oxidation sites excluding steroid dienone is 1. The van der Waals surface area contributed by atoms with Crippen molar-refractivity contribution in [2.75, 3.05) is 40.9 Å². The molecule has 0 aliphatic carbocycles. The maximum Gasteiger partial charge on any atom is 0.472 e. The fraction of sp³-hybridized carbons (Fsp3) is 0.885. The number of hydrogen-bond acceptors (Lipinski definition) is 5. The molecule has 3 atom stereocenters. The quantitative estimate of drug-likeness (QED) is 0.0726. The van der Waals surface area contributed by atoms with Crippen LogP contribution in [0.4, 0.5) is 0 Å². The molecule has 0 aromatic carbocycles. The van der Waals surface area contributed by atoms with Gasteiger partial charge in [0.15, 0.2) is 0 Å². The second kappa shape index (κ2) is 20.3. The van der Waals surface area contributed by atoms with E-state index in [1.165, 1.54) is 38.5 Å². The Hall–Kier alpha value is -0.760. The van der Waals surface area contributed by atoms with Crippen molar-refractivity contribution in [2.24, 2.45) is 0 Å². The molecular weight excluding hydrogens is 467 g/mol. The van der Waals surface area contributed by atoms with E-state index in [0.717, 1.165) is 38.5 Å². The third-order valence-electron chi connectivity index (χ3n) is 5.76. The summed E-state index contributed by atoms with van der Waals surface area (Å²) in [5.41, 5.74) is 0. The van der Waals surface area contributed by atoms with Crippen molar-refractivity contribution in [1.82, 2.24) is 5.32 Å². The zero-order chi connectivity index (χ0) is 26.6. The highest BCUT2D eigenvalue weighted by Gasteiger charge is 2.27. The first-order valence-electron chi connectivity index (χ1n) is 13.6. The lowest BCUT2D eigenvalue weighted by Gasteiger charge is -2.25. The summed E-state index contributed by atoms with van der Waals surface area (Å²) in [5, 5.41) is 13.4. The van der Waals surface area contributed by atoms with E-state index < -0.39 is 20.0 Å². The molecule has 3 unspecified atom stereocenters. The Bertz CT molecular complexity index is 609. The molecule has 3 N–H and O–H groups in total. The first-order valence-corrected chi connectivity index (χ1v) is 15.1. The van der Waals surface area contributed by atoms with Gasteiger partial charge in [-0.1, -0.05) is 90.2 Å². The summed E-state index contributed by atoms with van der Waals surface area (Å²) < 4.78 is 23.0. The number of aliphatic hydroxyl groups excluding tert-OH is 1. The van der Waals surface area contributed by atoms with Gasteiger partial charge < -0.3 is 19.8 Å². The van der Waals surface area contributed by atoms with E-state index in [9.17, 15) is 19.4 Å². The number of hydrogen-bond donors (Lipinski definition) is 3. The summed E-state index contributed by atoms with van der Waals surface area (Å²) in [6, 6.07) is -0.832. The normalized spacial score (nSPS) is 15.7. The Morgan fingerprint density at radius 3 is 2.09 bits per heavy atom. The van der Waals surface area contributed by atoms with Gasteiger partial charge in [-0.15, -0.1) is 0 Å². The number of phosphoric acid groups is 1. The van der Waals surface area contributed by atoms with Crippen molar-refractivity contribution in [1.29, 1.82) is 0 Å². The number of carbonyl (C=O) groups excluding carboxylic acids is 1. The molecule has 0 aromatic heterocycles. The predicted octanol–water partition coefficient (Wildman–Crippen LogP) is 5.34. The molecule has 8 nitrogen and oxygen atoms in total. The molecule has 0 spiro atoms. The minimum atomic E-state index is -4.29. The van der Waals surface area contributed by atoms with Gasteiger partial charge in [0, 0.05) is 6.42 Å². The van der Waals surface area contributed by atoms with Crippen LogP contribution in [0.5, 0.6) is 0 Å². The van der Waals surface area contributed by atoms with Crippen LogP contribution in [0.2, 0.25) is 0 Å². The summed E-state index contributed by atoms with van der Waals surface area (Å²) in [5.74, 6) is -0.193. The predicted molar refractivity (Wildman–Crippen MR) is 143 cm³/mol. The van der Waals surface area contributed by atoms with Crippen molar-refractivity contribution in [3.8, 4) is 0 Å². The van der Waals surface area contributed by atoms with Gasteiger partial charge in [-0.2, -0.15) is 0 Å². The fourth-order valence-corrected chi connectivity index (χ4v) is 4.17. The highest BCUT2D eigenvalue weighted by Crippen LogP contribution is 2.43. The van der Waals surface area contributed by atoms with Crippen LogP contribution in [0, 0.1) is 0 Å². The van der Waals surface area contributed by atoms with Crippen molar-refractivity contribution >= 4 is 13.7 Å². The first-order chi connectivity index (χ1) is 16.5. The maximum absolute atomic E-state index is 12.5. The van der Waals surface area contributed by atoms with Gasteiger partial charge in [0.2, 0.25) is 5.91 Å². The van der Waals surface area contributed by atoms with Gasteiger partial charge in [0.1, 0.15) is 13.2 Å². The van der Waals surface area contributed by atoms with Gasteiger partial charge in [0.05, 0.1) is 39.9 Å². The molecule has 208 valence electrons. The smallest absolute Gasteiger partial charge is 0.387 e. The molecule has 0 aliphatic rings. The maximum atomic E-state index is 12.5. The van der Waals surface area contributed by atoms with Crippen molar-refractivity contribution in [3.05, 3.63) is 12.2 Å². The van der Waals surface area contributed by atoms with E-state index in [0.29, 0.717) is 17.4 Å². The van der Waals surface area contributed by atoms with Crippen molar-refractivity contribution in [3.63, 3.8) is 0 Å². The molecule has 35 heavy (non-hydrogen) atoms. The van der Waals surface area contributed by atoms with Crippen LogP contribution in [0.25, 0.3) is 0 Å². The minimum Gasteiger partial charge on any atom is -0.387 e. The molecule has 1 amide bonds. The third-order valence-corrected chi connectivity index (χ3v) is 6.74. The average Bonchev–Trinajstić information content (AvgIpc) is 2.77. The second-order valence-electron chi connectivity index (χ2n) is 10.4. The summed E-state index contributed by atoms with van der Waals surface area (Å²) in [6.07, 6.45) is 16.2. The van der Waals surface area contributed by atoms with Crippen molar-refractivity contribution < 1.29 is 32.9 Å². The number of phosphoric ester groups is 1. The van der Waals surface area contributed by atoms with Crippen LogP contribution in [0.1, 0.15) is 97.3 Å². The lowest BCUT2D eigenvalue weighted by molar-refractivity contribution is -0.870. The molecule has 0 heterocycles. The minimum absolute atomic E-state index is 0.0619. The molecule has 9 heteroatoms. The molecule has 0 aliphatic heterocycles. The molecular formula is C26H54N2O6P+. The Morgan fingerprint density at radius 2 is 1.51 bits per heavy atom. The number of amides is 1. The largest absolute Gasteiger partial charge is 0.472 e. The number of aliphatic hydroxyl groups is 1. The SMILES string of the molecule is CCCC/C=C/C(O)C(COP(=O)(O)OCC[N+](C)(C)C)NC(=O)CCCCCCCCCCC. The van der Waals surface area contributed by atoms with Crippen LogP contribution in [0.3, 0.4) is 0 Å². The highest BCUT2D eigenvalue weighted by atomic mass is 31.2. The Balaban J connectivity index is 4.59. The zero-order valence-corrected chi connectivity index (χ0v) is 23.9. The topological polar surface area (TPSA) is 105 Å². The van der Waals surface area contributed by atoms with Gasteiger partial charge >= 0.3 is 7.82 Å². The Kier molecular flexibility index (Phi) is 19.9. The van der Waals surface area contributed by atoms with Crippen LogP contribution in [-0.2, 0) is 18.4 Å². The monoisotopic (exact) mass is 521 g/mol. The zero-order valence-electron chi connectivity index (χ0n) is 23.0. The molecule has 0 aromatic rings. The first kappa shape index (κ1) is 34.2. The summed E-state index contributed by atoms with van der Waals surface area (Å²) in [6.45, 7) is 4.58.